The van der Waals surface area contributed by atoms with Crippen molar-refractivity contribution in [2.45, 2.75) is 13.8 Å². The fourth-order valence-electron chi connectivity index (χ4n) is 1.93. The van der Waals surface area contributed by atoms with Gasteiger partial charge < -0.3 is 5.32 Å². The van der Waals surface area contributed by atoms with E-state index in [2.05, 4.69) is 21.2 Å². The van der Waals surface area contributed by atoms with Crippen LogP contribution in [0, 0.1) is 25.5 Å². The molecule has 0 unspecified atom stereocenters. The zero-order valence-electron chi connectivity index (χ0n) is 10.9. The summed E-state index contributed by atoms with van der Waals surface area (Å²) in [5, 5.41) is 2.60. The lowest BCUT2D eigenvalue weighted by molar-refractivity contribution is 0.102. The Bertz CT molecular complexity index is 663. The van der Waals surface area contributed by atoms with Gasteiger partial charge in [0.15, 0.2) is 11.6 Å². The molecular weight excluding hydrogens is 328 g/mol. The van der Waals surface area contributed by atoms with E-state index in [0.29, 0.717) is 10.2 Å². The first-order valence-electron chi connectivity index (χ1n) is 5.92. The van der Waals surface area contributed by atoms with Gasteiger partial charge in [0.2, 0.25) is 0 Å². The smallest absolute Gasteiger partial charge is 0.258 e. The largest absolute Gasteiger partial charge is 0.321 e. The van der Waals surface area contributed by atoms with Crippen LogP contribution in [-0.2, 0) is 0 Å². The summed E-state index contributed by atoms with van der Waals surface area (Å²) < 4.78 is 27.4. The van der Waals surface area contributed by atoms with Gasteiger partial charge in [-0.2, -0.15) is 0 Å². The number of rotatable bonds is 2. The van der Waals surface area contributed by atoms with Crippen LogP contribution in [0.4, 0.5) is 14.5 Å². The minimum atomic E-state index is -1.15. The first kappa shape index (κ1) is 14.7. The summed E-state index contributed by atoms with van der Waals surface area (Å²) in [6, 6.07) is 7.24. The number of carbonyl (C=O) groups is 1. The number of anilines is 1. The molecule has 0 aliphatic heterocycles. The molecule has 0 bridgehead atoms. The molecule has 2 rings (SSSR count). The maximum Gasteiger partial charge on any atom is 0.258 e. The Morgan fingerprint density at radius 2 is 1.90 bits per heavy atom. The first-order chi connectivity index (χ1) is 9.40. The number of aryl methyl sites for hydroxylation is 2. The summed E-state index contributed by atoms with van der Waals surface area (Å²) in [5.41, 5.74) is 2.09. The number of hydrogen-bond donors (Lipinski definition) is 1. The van der Waals surface area contributed by atoms with Gasteiger partial charge >= 0.3 is 0 Å². The van der Waals surface area contributed by atoms with E-state index < -0.39 is 17.5 Å². The zero-order chi connectivity index (χ0) is 14.9. The molecule has 0 fully saturated rings. The van der Waals surface area contributed by atoms with E-state index in [1.807, 2.05) is 26.0 Å². The molecule has 0 radical (unpaired) electrons. The van der Waals surface area contributed by atoms with E-state index in [4.69, 9.17) is 0 Å². The molecule has 0 spiro atoms. The average Bonchev–Trinajstić information content (AvgIpc) is 2.36. The summed E-state index contributed by atoms with van der Waals surface area (Å²) >= 11 is 3.35. The van der Waals surface area contributed by atoms with Crippen molar-refractivity contribution in [3.63, 3.8) is 0 Å². The van der Waals surface area contributed by atoms with Gasteiger partial charge in [0.05, 0.1) is 11.3 Å². The van der Waals surface area contributed by atoms with Gasteiger partial charge in [0.1, 0.15) is 0 Å². The van der Waals surface area contributed by atoms with Gasteiger partial charge in [-0.25, -0.2) is 8.78 Å². The lowest BCUT2D eigenvalue weighted by Gasteiger charge is -2.12. The maximum atomic E-state index is 13.6. The van der Waals surface area contributed by atoms with Crippen molar-refractivity contribution in [2.24, 2.45) is 0 Å². The first-order valence-corrected chi connectivity index (χ1v) is 6.71. The minimum Gasteiger partial charge on any atom is -0.321 e. The second-order valence-corrected chi connectivity index (χ2v) is 5.35. The molecule has 0 atom stereocenters. The predicted molar refractivity (Wildman–Crippen MR) is 77.9 cm³/mol. The number of amides is 1. The van der Waals surface area contributed by atoms with Crippen LogP contribution in [-0.4, -0.2) is 5.91 Å². The SMILES string of the molecule is Cc1cc(C)c(NC(=O)c2cccc(F)c2F)c(Br)c1. The average molecular weight is 340 g/mol. The highest BCUT2D eigenvalue weighted by atomic mass is 79.9. The highest BCUT2D eigenvalue weighted by molar-refractivity contribution is 9.10. The van der Waals surface area contributed by atoms with Crippen molar-refractivity contribution in [2.75, 3.05) is 5.32 Å². The fourth-order valence-corrected chi connectivity index (χ4v) is 2.71. The topological polar surface area (TPSA) is 29.1 Å². The lowest BCUT2D eigenvalue weighted by Crippen LogP contribution is -2.15. The van der Waals surface area contributed by atoms with Crippen molar-refractivity contribution >= 4 is 27.5 Å². The molecule has 104 valence electrons. The van der Waals surface area contributed by atoms with Gasteiger partial charge in [-0.05, 0) is 59.1 Å². The fraction of sp³-hybridized carbons (Fsp3) is 0.133. The van der Waals surface area contributed by atoms with Crippen LogP contribution in [0.25, 0.3) is 0 Å². The van der Waals surface area contributed by atoms with Crippen molar-refractivity contribution in [3.05, 3.63) is 63.1 Å². The summed E-state index contributed by atoms with van der Waals surface area (Å²) in [4.78, 5) is 12.0. The van der Waals surface area contributed by atoms with Gasteiger partial charge in [0, 0.05) is 4.47 Å². The van der Waals surface area contributed by atoms with E-state index in [-0.39, 0.29) is 5.56 Å². The molecule has 1 N–H and O–H groups in total. The molecular formula is C15H12BrF2NO. The van der Waals surface area contributed by atoms with E-state index in [1.165, 1.54) is 12.1 Å². The van der Waals surface area contributed by atoms with E-state index in [0.717, 1.165) is 17.2 Å². The molecule has 5 heteroatoms. The normalized spacial score (nSPS) is 10.4. The third-order valence-electron chi connectivity index (χ3n) is 2.87. The Kier molecular flexibility index (Phi) is 4.18. The quantitative estimate of drug-likeness (QED) is 0.851. The molecule has 0 saturated heterocycles. The van der Waals surface area contributed by atoms with Gasteiger partial charge in [-0.3, -0.25) is 4.79 Å². The Morgan fingerprint density at radius 1 is 1.20 bits per heavy atom. The third-order valence-corrected chi connectivity index (χ3v) is 3.49. The number of carbonyl (C=O) groups excluding carboxylic acids is 1. The number of benzene rings is 2. The molecule has 0 heterocycles. The Labute approximate surface area is 123 Å². The summed E-state index contributed by atoms with van der Waals surface area (Å²) in [7, 11) is 0. The molecule has 1 amide bonds. The third kappa shape index (κ3) is 2.88. The predicted octanol–water partition coefficient (Wildman–Crippen LogP) is 4.60. The summed E-state index contributed by atoms with van der Waals surface area (Å²) in [6.45, 7) is 3.75. The van der Waals surface area contributed by atoms with Crippen LogP contribution in [0.3, 0.4) is 0 Å². The van der Waals surface area contributed by atoms with Crippen molar-refractivity contribution in [1.82, 2.24) is 0 Å². The van der Waals surface area contributed by atoms with Crippen LogP contribution in [0.2, 0.25) is 0 Å². The van der Waals surface area contributed by atoms with E-state index in [1.54, 1.807) is 0 Å². The van der Waals surface area contributed by atoms with Gasteiger partial charge in [-0.1, -0.05) is 12.1 Å². The second-order valence-electron chi connectivity index (χ2n) is 4.49. The minimum absolute atomic E-state index is 0.322. The molecule has 0 saturated carbocycles. The summed E-state index contributed by atoms with van der Waals surface area (Å²) in [5.74, 6) is -2.88. The van der Waals surface area contributed by atoms with Crippen molar-refractivity contribution in [1.29, 1.82) is 0 Å². The Hall–Kier alpha value is -1.75. The van der Waals surface area contributed by atoms with Crippen LogP contribution in [0.15, 0.2) is 34.8 Å². The molecule has 20 heavy (non-hydrogen) atoms. The maximum absolute atomic E-state index is 13.6. The Morgan fingerprint density at radius 3 is 2.55 bits per heavy atom. The highest BCUT2D eigenvalue weighted by Crippen LogP contribution is 2.28. The Balaban J connectivity index is 2.36. The molecule has 0 aromatic heterocycles. The number of nitrogens with one attached hydrogen (secondary N) is 1. The van der Waals surface area contributed by atoms with Gasteiger partial charge in [-0.15, -0.1) is 0 Å². The second kappa shape index (κ2) is 5.71. The monoisotopic (exact) mass is 339 g/mol. The van der Waals surface area contributed by atoms with Crippen molar-refractivity contribution in [3.8, 4) is 0 Å². The molecule has 0 aliphatic rings. The van der Waals surface area contributed by atoms with E-state index >= 15 is 0 Å². The zero-order valence-corrected chi connectivity index (χ0v) is 12.5. The summed E-state index contributed by atoms with van der Waals surface area (Å²) in [6.07, 6.45) is 0. The molecule has 2 aromatic carbocycles. The van der Waals surface area contributed by atoms with Crippen LogP contribution >= 0.6 is 15.9 Å². The van der Waals surface area contributed by atoms with Gasteiger partial charge in [0.25, 0.3) is 5.91 Å². The standard InChI is InChI=1S/C15H12BrF2NO/c1-8-6-9(2)14(11(16)7-8)19-15(20)10-4-3-5-12(17)13(10)18/h3-7H,1-2H3,(H,19,20). The van der Waals surface area contributed by atoms with Crippen molar-refractivity contribution < 1.29 is 13.6 Å². The van der Waals surface area contributed by atoms with Crippen LogP contribution in [0.5, 0.6) is 0 Å². The van der Waals surface area contributed by atoms with Crippen LogP contribution < -0.4 is 5.32 Å². The van der Waals surface area contributed by atoms with Crippen LogP contribution in [0.1, 0.15) is 21.5 Å². The molecule has 0 aliphatic carbocycles. The number of hydrogen-bond acceptors (Lipinski definition) is 1. The highest BCUT2D eigenvalue weighted by Gasteiger charge is 2.17. The van der Waals surface area contributed by atoms with E-state index in [9.17, 15) is 13.6 Å². The number of halogens is 3. The molecule has 2 aromatic rings. The molecule has 2 nitrogen and oxygen atoms in total. The lowest BCUT2D eigenvalue weighted by atomic mass is 10.1.